The van der Waals surface area contributed by atoms with Gasteiger partial charge in [-0.2, -0.15) is 0 Å². The van der Waals surface area contributed by atoms with Crippen molar-refractivity contribution in [2.45, 2.75) is 0 Å². The van der Waals surface area contributed by atoms with Crippen molar-refractivity contribution in [2.24, 2.45) is 0 Å². The number of amides is 1. The summed E-state index contributed by atoms with van der Waals surface area (Å²) in [7, 11) is 1.56. The summed E-state index contributed by atoms with van der Waals surface area (Å²) in [6, 6.07) is 27.6. The summed E-state index contributed by atoms with van der Waals surface area (Å²) in [5, 5.41) is 5.39. The van der Waals surface area contributed by atoms with Crippen LogP contribution in [0.1, 0.15) is 10.4 Å². The second-order valence-corrected chi connectivity index (χ2v) is 7.02. The van der Waals surface area contributed by atoms with Crippen molar-refractivity contribution in [3.05, 3.63) is 96.7 Å². The van der Waals surface area contributed by atoms with Crippen LogP contribution in [0.4, 0.5) is 5.82 Å². The van der Waals surface area contributed by atoms with E-state index in [9.17, 15) is 4.79 Å². The van der Waals surface area contributed by atoms with E-state index < -0.39 is 0 Å². The third kappa shape index (κ3) is 3.06. The number of aromatic amines is 1. The maximum absolute atomic E-state index is 13.1. The van der Waals surface area contributed by atoms with Crippen molar-refractivity contribution in [3.63, 3.8) is 0 Å². The van der Waals surface area contributed by atoms with E-state index in [0.717, 1.165) is 22.3 Å². The van der Waals surface area contributed by atoms with Gasteiger partial charge < -0.3 is 4.74 Å². The molecular formula is C25H20N3O2+. The fraction of sp³-hybridized carbons (Fsp3) is 0.0400. The van der Waals surface area contributed by atoms with Gasteiger partial charge in [0, 0.05) is 11.6 Å². The number of para-hydroxylation sites is 1. The highest BCUT2D eigenvalue weighted by molar-refractivity contribution is 6.07. The molecule has 5 heteroatoms. The van der Waals surface area contributed by atoms with Gasteiger partial charge in [0.25, 0.3) is 5.82 Å². The molecule has 0 unspecified atom stereocenters. The molecule has 0 aliphatic heterocycles. The van der Waals surface area contributed by atoms with E-state index in [4.69, 9.17) is 4.74 Å². The van der Waals surface area contributed by atoms with E-state index in [-0.39, 0.29) is 5.91 Å². The number of fused-ring (bicyclic) bond motifs is 2. The second kappa shape index (κ2) is 7.37. The molecule has 0 aliphatic carbocycles. The van der Waals surface area contributed by atoms with E-state index in [1.165, 1.54) is 5.39 Å². The quantitative estimate of drug-likeness (QED) is 0.429. The lowest BCUT2D eigenvalue weighted by Gasteiger charge is -2.07. The first-order valence-corrected chi connectivity index (χ1v) is 9.70. The highest BCUT2D eigenvalue weighted by Crippen LogP contribution is 2.29. The van der Waals surface area contributed by atoms with Crippen LogP contribution in [-0.4, -0.2) is 18.0 Å². The van der Waals surface area contributed by atoms with Crippen LogP contribution in [0.2, 0.25) is 0 Å². The summed E-state index contributed by atoms with van der Waals surface area (Å²) in [4.78, 5) is 16.6. The molecule has 5 rings (SSSR count). The molecule has 3 aromatic carbocycles. The van der Waals surface area contributed by atoms with Crippen molar-refractivity contribution in [1.29, 1.82) is 0 Å². The number of carbonyl (C=O) groups excluding carboxylic acids is 1. The summed E-state index contributed by atoms with van der Waals surface area (Å²) < 4.78 is 7.30. The zero-order valence-electron chi connectivity index (χ0n) is 16.4. The first-order valence-electron chi connectivity index (χ1n) is 9.70. The third-order valence-electron chi connectivity index (χ3n) is 5.21. The Morgan fingerprint density at radius 3 is 2.53 bits per heavy atom. The van der Waals surface area contributed by atoms with Gasteiger partial charge in [-0.05, 0) is 35.0 Å². The minimum atomic E-state index is -0.230. The molecular weight excluding hydrogens is 374 g/mol. The molecule has 146 valence electrons. The largest absolute Gasteiger partial charge is 0.496 e. The van der Waals surface area contributed by atoms with Crippen LogP contribution in [0.5, 0.6) is 5.75 Å². The molecule has 5 aromatic rings. The molecule has 0 bridgehead atoms. The van der Waals surface area contributed by atoms with Gasteiger partial charge >= 0.3 is 5.91 Å². The zero-order chi connectivity index (χ0) is 20.5. The number of hydrogen-bond acceptors (Lipinski definition) is 2. The lowest BCUT2D eigenvalue weighted by atomic mass is 10.0. The molecule has 2 aromatic heterocycles. The highest BCUT2D eigenvalue weighted by atomic mass is 16.5. The van der Waals surface area contributed by atoms with Gasteiger partial charge in [-0.1, -0.05) is 54.6 Å². The molecule has 0 saturated heterocycles. The number of carbonyl (C=O) groups is 1. The van der Waals surface area contributed by atoms with E-state index in [2.05, 4.69) is 40.6 Å². The molecule has 5 nitrogen and oxygen atoms in total. The maximum Gasteiger partial charge on any atom is 0.315 e. The number of methoxy groups -OCH3 is 1. The summed E-state index contributed by atoms with van der Waals surface area (Å²) in [5.41, 5.74) is 3.20. The zero-order valence-corrected chi connectivity index (χ0v) is 16.4. The van der Waals surface area contributed by atoms with Crippen LogP contribution in [0.15, 0.2) is 91.1 Å². The molecule has 1 amide bonds. The monoisotopic (exact) mass is 394 g/mol. The summed E-state index contributed by atoms with van der Waals surface area (Å²) in [6.45, 7) is 0. The third-order valence-corrected chi connectivity index (χ3v) is 5.21. The Bertz CT molecular complexity index is 1390. The van der Waals surface area contributed by atoms with Gasteiger partial charge in [0.15, 0.2) is 5.69 Å². The Morgan fingerprint density at radius 2 is 1.67 bits per heavy atom. The van der Waals surface area contributed by atoms with Crippen molar-refractivity contribution in [3.8, 4) is 17.0 Å². The van der Waals surface area contributed by atoms with Crippen LogP contribution < -0.4 is 14.5 Å². The average molecular weight is 394 g/mol. The van der Waals surface area contributed by atoms with E-state index in [1.807, 2.05) is 53.1 Å². The molecule has 0 spiro atoms. The van der Waals surface area contributed by atoms with Gasteiger partial charge in [0.05, 0.1) is 18.9 Å². The predicted molar refractivity (Wildman–Crippen MR) is 118 cm³/mol. The van der Waals surface area contributed by atoms with E-state index in [0.29, 0.717) is 17.1 Å². The summed E-state index contributed by atoms with van der Waals surface area (Å²) >= 11 is 0. The summed E-state index contributed by atoms with van der Waals surface area (Å²) in [5.74, 6) is 0.982. The van der Waals surface area contributed by atoms with Gasteiger partial charge in [0.1, 0.15) is 5.75 Å². The van der Waals surface area contributed by atoms with Crippen molar-refractivity contribution in [1.82, 2.24) is 4.98 Å². The number of aromatic nitrogens is 2. The van der Waals surface area contributed by atoms with Crippen LogP contribution in [0, 0.1) is 0 Å². The highest BCUT2D eigenvalue weighted by Gasteiger charge is 2.24. The standard InChI is InChI=1S/C25H19N3O2/c1-30-21-11-5-4-10-20(21)25(29)27-24-23(26-22-12-6-7-15-28(22)24)19-14-13-17-8-2-3-9-18(17)16-19/h2-16H,1H3,(H,27,29)/p+1. The van der Waals surface area contributed by atoms with Crippen LogP contribution in [0.25, 0.3) is 27.7 Å². The SMILES string of the molecule is COc1ccccc1C(=O)Nc1c(-c2ccc3ccccc3c2)[nH]c2cccc[n+]12. The van der Waals surface area contributed by atoms with E-state index in [1.54, 1.807) is 19.2 Å². The average Bonchev–Trinajstić information content (AvgIpc) is 3.17. The number of benzene rings is 3. The molecule has 2 N–H and O–H groups in total. The molecule has 0 saturated carbocycles. The Hall–Kier alpha value is -4.12. The van der Waals surface area contributed by atoms with Gasteiger partial charge in [-0.25, -0.2) is 9.72 Å². The van der Waals surface area contributed by atoms with Crippen molar-refractivity contribution >= 4 is 28.1 Å². The van der Waals surface area contributed by atoms with Gasteiger partial charge in [-0.3, -0.25) is 9.78 Å². The topological polar surface area (TPSA) is 58.2 Å². The fourth-order valence-corrected chi connectivity index (χ4v) is 3.73. The second-order valence-electron chi connectivity index (χ2n) is 7.02. The number of rotatable bonds is 4. The minimum Gasteiger partial charge on any atom is -0.496 e. The lowest BCUT2D eigenvalue weighted by Crippen LogP contribution is -2.27. The van der Waals surface area contributed by atoms with Crippen molar-refractivity contribution < 1.29 is 13.9 Å². The Labute approximate surface area is 173 Å². The Morgan fingerprint density at radius 1 is 0.900 bits per heavy atom. The number of anilines is 1. The number of hydrogen-bond donors (Lipinski definition) is 2. The Balaban J connectivity index is 1.64. The molecule has 0 aliphatic rings. The number of nitrogens with one attached hydrogen (secondary N) is 2. The normalized spacial score (nSPS) is 11.0. The Kier molecular flexibility index (Phi) is 4.41. The number of imidazole rings is 1. The number of H-pyrrole nitrogens is 1. The molecule has 0 fully saturated rings. The van der Waals surface area contributed by atoms with Crippen LogP contribution >= 0.6 is 0 Å². The van der Waals surface area contributed by atoms with E-state index >= 15 is 0 Å². The number of ether oxygens (including phenoxy) is 1. The predicted octanol–water partition coefficient (Wildman–Crippen LogP) is 4.83. The van der Waals surface area contributed by atoms with Gasteiger partial charge in [-0.15, -0.1) is 0 Å². The van der Waals surface area contributed by atoms with Gasteiger partial charge in [0.2, 0.25) is 5.65 Å². The molecule has 30 heavy (non-hydrogen) atoms. The summed E-state index contributed by atoms with van der Waals surface area (Å²) in [6.07, 6.45) is 1.92. The molecule has 2 heterocycles. The van der Waals surface area contributed by atoms with Crippen LogP contribution in [-0.2, 0) is 0 Å². The van der Waals surface area contributed by atoms with Crippen molar-refractivity contribution in [2.75, 3.05) is 12.4 Å². The minimum absolute atomic E-state index is 0.230. The number of pyridine rings is 1. The lowest BCUT2D eigenvalue weighted by molar-refractivity contribution is -0.493. The van der Waals surface area contributed by atoms with Crippen LogP contribution in [0.3, 0.4) is 0 Å². The smallest absolute Gasteiger partial charge is 0.315 e. The first kappa shape index (κ1) is 17.9. The number of nitrogens with zero attached hydrogens (tertiary/aromatic N) is 1. The fourth-order valence-electron chi connectivity index (χ4n) is 3.73. The molecule has 0 radical (unpaired) electrons. The first-order chi connectivity index (χ1) is 14.7. The maximum atomic E-state index is 13.1. The molecule has 0 atom stereocenters.